The lowest BCUT2D eigenvalue weighted by Gasteiger charge is -2.19. The number of likely N-dealkylation sites (tertiary alicyclic amines) is 1. The maximum Gasteiger partial charge on any atom is 0.325 e. The average molecular weight is 216 g/mol. The third-order valence-electron chi connectivity index (χ3n) is 2.51. The summed E-state index contributed by atoms with van der Waals surface area (Å²) < 4.78 is 4.96. The summed E-state index contributed by atoms with van der Waals surface area (Å²) in [7, 11) is 0. The predicted octanol–water partition coefficient (Wildman–Crippen LogP) is -0.963. The van der Waals surface area contributed by atoms with Gasteiger partial charge in [0.25, 0.3) is 0 Å². The molecule has 0 radical (unpaired) electrons. The number of carbonyl (C=O) groups excluding carboxylic acids is 1. The molecule has 0 saturated carbocycles. The number of carboxylic acids is 1. The van der Waals surface area contributed by atoms with Crippen molar-refractivity contribution in [2.24, 2.45) is 5.73 Å². The van der Waals surface area contributed by atoms with Crippen molar-refractivity contribution in [2.75, 3.05) is 26.3 Å². The highest BCUT2D eigenvalue weighted by Crippen LogP contribution is 2.18. The summed E-state index contributed by atoms with van der Waals surface area (Å²) in [4.78, 5) is 23.7. The van der Waals surface area contributed by atoms with Crippen LogP contribution in [-0.2, 0) is 14.3 Å². The summed E-state index contributed by atoms with van der Waals surface area (Å²) in [6.45, 7) is 2.70. The molecule has 0 aromatic rings. The van der Waals surface area contributed by atoms with Gasteiger partial charge in [-0.2, -0.15) is 0 Å². The molecule has 0 aromatic carbocycles. The Hall–Kier alpha value is -1.14. The van der Waals surface area contributed by atoms with Gasteiger partial charge in [-0.15, -0.1) is 0 Å². The molecule has 3 N–H and O–H groups in total. The van der Waals surface area contributed by atoms with Gasteiger partial charge in [0.1, 0.15) is 12.1 Å². The number of rotatable bonds is 4. The first-order valence-electron chi connectivity index (χ1n) is 4.87. The fraction of sp³-hybridized carbons (Fsp3) is 0.778. The monoisotopic (exact) mass is 216 g/mol. The third-order valence-corrected chi connectivity index (χ3v) is 2.51. The molecule has 86 valence electrons. The Labute approximate surface area is 88.0 Å². The van der Waals surface area contributed by atoms with Crippen molar-refractivity contribution in [3.05, 3.63) is 0 Å². The zero-order valence-corrected chi connectivity index (χ0v) is 8.73. The molecule has 0 aliphatic carbocycles. The highest BCUT2D eigenvalue weighted by Gasteiger charge is 2.42. The normalized spacial score (nSPS) is 25.6. The summed E-state index contributed by atoms with van der Waals surface area (Å²) >= 11 is 0. The lowest BCUT2D eigenvalue weighted by atomic mass is 10.0. The Kier molecular flexibility index (Phi) is 3.65. The van der Waals surface area contributed by atoms with Crippen LogP contribution >= 0.6 is 0 Å². The van der Waals surface area contributed by atoms with Crippen LogP contribution in [0.1, 0.15) is 13.3 Å². The first kappa shape index (κ1) is 11.9. The Bertz CT molecular complexity index is 269. The van der Waals surface area contributed by atoms with Crippen molar-refractivity contribution in [3.8, 4) is 0 Å². The van der Waals surface area contributed by atoms with Crippen molar-refractivity contribution in [1.82, 2.24) is 4.90 Å². The van der Waals surface area contributed by atoms with E-state index in [1.54, 1.807) is 6.92 Å². The van der Waals surface area contributed by atoms with Gasteiger partial charge in [0, 0.05) is 19.7 Å². The Morgan fingerprint density at radius 3 is 2.73 bits per heavy atom. The van der Waals surface area contributed by atoms with Gasteiger partial charge < -0.3 is 20.5 Å². The van der Waals surface area contributed by atoms with Crippen LogP contribution in [0.5, 0.6) is 0 Å². The molecule has 1 rings (SSSR count). The predicted molar refractivity (Wildman–Crippen MR) is 52.2 cm³/mol. The maximum atomic E-state index is 11.5. The molecule has 6 nitrogen and oxygen atoms in total. The summed E-state index contributed by atoms with van der Waals surface area (Å²) in [5.41, 5.74) is 4.33. The van der Waals surface area contributed by atoms with Gasteiger partial charge in [-0.05, 0) is 13.3 Å². The third kappa shape index (κ3) is 2.66. The molecule has 0 bridgehead atoms. The molecule has 1 unspecified atom stereocenters. The Balaban J connectivity index is 2.49. The molecular weight excluding hydrogens is 200 g/mol. The van der Waals surface area contributed by atoms with E-state index in [0.717, 1.165) is 0 Å². The lowest BCUT2D eigenvalue weighted by Crippen LogP contribution is -2.50. The zero-order chi connectivity index (χ0) is 11.5. The van der Waals surface area contributed by atoms with Crippen molar-refractivity contribution < 1.29 is 19.4 Å². The number of amides is 1. The van der Waals surface area contributed by atoms with Crippen LogP contribution in [0.2, 0.25) is 0 Å². The van der Waals surface area contributed by atoms with Gasteiger partial charge in [0.2, 0.25) is 5.91 Å². The number of aliphatic carboxylic acids is 1. The molecule has 15 heavy (non-hydrogen) atoms. The quantitative estimate of drug-likeness (QED) is 0.631. The van der Waals surface area contributed by atoms with Gasteiger partial charge in [-0.1, -0.05) is 0 Å². The van der Waals surface area contributed by atoms with Crippen LogP contribution in [0.25, 0.3) is 0 Å². The highest BCUT2D eigenvalue weighted by atomic mass is 16.5. The van der Waals surface area contributed by atoms with Crippen LogP contribution in [0, 0.1) is 0 Å². The Morgan fingerprint density at radius 1 is 1.60 bits per heavy atom. The van der Waals surface area contributed by atoms with Crippen molar-refractivity contribution in [1.29, 1.82) is 0 Å². The molecule has 1 amide bonds. The molecule has 0 spiro atoms. The first-order chi connectivity index (χ1) is 6.99. The van der Waals surface area contributed by atoms with Crippen LogP contribution in [-0.4, -0.2) is 53.7 Å². The van der Waals surface area contributed by atoms with E-state index < -0.39 is 11.5 Å². The molecule has 1 fully saturated rings. The molecule has 0 aromatic heterocycles. The summed E-state index contributed by atoms with van der Waals surface area (Å²) in [5.74, 6) is -1.26. The van der Waals surface area contributed by atoms with E-state index in [9.17, 15) is 9.59 Å². The van der Waals surface area contributed by atoms with E-state index in [1.807, 2.05) is 0 Å². The molecule has 1 saturated heterocycles. The second-order valence-corrected chi connectivity index (χ2v) is 3.66. The van der Waals surface area contributed by atoms with Crippen molar-refractivity contribution >= 4 is 11.9 Å². The number of nitrogens with two attached hydrogens (primary N) is 1. The second kappa shape index (κ2) is 4.59. The smallest absolute Gasteiger partial charge is 0.325 e. The van der Waals surface area contributed by atoms with Gasteiger partial charge in [0.05, 0.1) is 0 Å². The molecule has 1 aliphatic heterocycles. The molecule has 6 heteroatoms. The van der Waals surface area contributed by atoms with Crippen LogP contribution in [0.3, 0.4) is 0 Å². The van der Waals surface area contributed by atoms with E-state index in [1.165, 1.54) is 4.90 Å². The van der Waals surface area contributed by atoms with Crippen LogP contribution < -0.4 is 5.73 Å². The van der Waals surface area contributed by atoms with E-state index in [-0.39, 0.29) is 19.1 Å². The fourth-order valence-corrected chi connectivity index (χ4v) is 1.50. The topological polar surface area (TPSA) is 92.9 Å². The molecule has 1 heterocycles. The van der Waals surface area contributed by atoms with E-state index >= 15 is 0 Å². The summed E-state index contributed by atoms with van der Waals surface area (Å²) in [5, 5.41) is 8.85. The highest BCUT2D eigenvalue weighted by molar-refractivity contribution is 5.83. The SMILES string of the molecule is CCOCC(=O)N1CCC(N)(C(=O)O)C1. The largest absolute Gasteiger partial charge is 0.480 e. The molecule has 1 aliphatic rings. The van der Waals surface area contributed by atoms with Gasteiger partial charge in [-0.3, -0.25) is 9.59 Å². The van der Waals surface area contributed by atoms with Crippen LogP contribution in [0.15, 0.2) is 0 Å². The average Bonchev–Trinajstić information content (AvgIpc) is 2.59. The van der Waals surface area contributed by atoms with E-state index in [0.29, 0.717) is 19.6 Å². The first-order valence-corrected chi connectivity index (χ1v) is 4.87. The number of hydrogen-bond donors (Lipinski definition) is 2. The summed E-state index contributed by atoms with van der Waals surface area (Å²) in [6, 6.07) is 0. The van der Waals surface area contributed by atoms with Gasteiger partial charge >= 0.3 is 5.97 Å². The summed E-state index contributed by atoms with van der Waals surface area (Å²) in [6.07, 6.45) is 0.292. The number of carbonyl (C=O) groups is 2. The zero-order valence-electron chi connectivity index (χ0n) is 8.73. The van der Waals surface area contributed by atoms with Gasteiger partial charge in [-0.25, -0.2) is 0 Å². The van der Waals surface area contributed by atoms with Crippen molar-refractivity contribution in [3.63, 3.8) is 0 Å². The standard InChI is InChI=1S/C9H16N2O4/c1-2-15-5-7(12)11-4-3-9(10,6-11)8(13)14/h2-6,10H2,1H3,(H,13,14). The molecule has 1 atom stereocenters. The minimum absolute atomic E-state index is 0.00774. The number of hydrogen-bond acceptors (Lipinski definition) is 4. The number of nitrogens with zero attached hydrogens (tertiary/aromatic N) is 1. The van der Waals surface area contributed by atoms with Gasteiger partial charge in [0.15, 0.2) is 0 Å². The fourth-order valence-electron chi connectivity index (χ4n) is 1.50. The maximum absolute atomic E-state index is 11.5. The Morgan fingerprint density at radius 2 is 2.27 bits per heavy atom. The number of ether oxygens (including phenoxy) is 1. The number of carboxylic acid groups (broad SMARTS) is 1. The lowest BCUT2D eigenvalue weighted by molar-refractivity contribution is -0.143. The van der Waals surface area contributed by atoms with Crippen molar-refractivity contribution in [2.45, 2.75) is 18.9 Å². The molecular formula is C9H16N2O4. The van der Waals surface area contributed by atoms with Crippen LogP contribution in [0.4, 0.5) is 0 Å². The van der Waals surface area contributed by atoms with E-state index in [4.69, 9.17) is 15.6 Å². The second-order valence-electron chi connectivity index (χ2n) is 3.66. The van der Waals surface area contributed by atoms with E-state index in [2.05, 4.69) is 0 Å². The minimum Gasteiger partial charge on any atom is -0.480 e. The minimum atomic E-state index is -1.29.